The van der Waals surface area contributed by atoms with Crippen molar-refractivity contribution in [1.29, 1.82) is 0 Å². The molecule has 3 aromatic rings. The number of nitrogens with zero attached hydrogens (tertiary/aromatic N) is 1. The molecule has 0 aromatic heterocycles. The molecule has 0 bridgehead atoms. The molecule has 0 amide bonds. The van der Waals surface area contributed by atoms with Crippen LogP contribution in [0.15, 0.2) is 72.8 Å². The van der Waals surface area contributed by atoms with Crippen LogP contribution in [0.4, 0.5) is 17.1 Å². The highest BCUT2D eigenvalue weighted by molar-refractivity contribution is 6.00. The Hall–Kier alpha value is -3.27. The van der Waals surface area contributed by atoms with Gasteiger partial charge in [-0.05, 0) is 36.4 Å². The number of carbonyl (C=O) groups is 1. The second-order valence-corrected chi connectivity index (χ2v) is 5.38. The minimum absolute atomic E-state index is 0.368. The Morgan fingerprint density at radius 3 is 1.88 bits per heavy atom. The lowest BCUT2D eigenvalue weighted by atomic mass is 10.1. The third-order valence-corrected chi connectivity index (χ3v) is 3.98. The highest BCUT2D eigenvalue weighted by Gasteiger charge is 2.28. The maximum Gasteiger partial charge on any atom is 0.339 e. The third kappa shape index (κ3) is 2.20. The predicted molar refractivity (Wildman–Crippen MR) is 92.5 cm³/mol. The standard InChI is InChI=1S/C20H15NO3/c1-23-20(22)14-8-2-3-9-15(14)21-16-10-4-6-12-18(16)24-19-13-7-5-11-17(19)21/h2-13H,1H3. The highest BCUT2D eigenvalue weighted by Crippen LogP contribution is 2.50. The van der Waals surface area contributed by atoms with Gasteiger partial charge in [0.2, 0.25) is 0 Å². The molecule has 0 fully saturated rings. The summed E-state index contributed by atoms with van der Waals surface area (Å²) >= 11 is 0. The molecule has 1 heterocycles. The Labute approximate surface area is 139 Å². The molecular weight excluding hydrogens is 302 g/mol. The molecule has 118 valence electrons. The molecule has 0 spiro atoms. The van der Waals surface area contributed by atoms with Gasteiger partial charge in [0.05, 0.1) is 29.7 Å². The summed E-state index contributed by atoms with van der Waals surface area (Å²) in [4.78, 5) is 14.2. The van der Waals surface area contributed by atoms with Crippen LogP contribution in [0.2, 0.25) is 0 Å². The van der Waals surface area contributed by atoms with Gasteiger partial charge in [-0.1, -0.05) is 36.4 Å². The minimum atomic E-state index is -0.368. The molecule has 4 heteroatoms. The van der Waals surface area contributed by atoms with Crippen molar-refractivity contribution >= 4 is 23.0 Å². The van der Waals surface area contributed by atoms with Crippen molar-refractivity contribution in [3.05, 3.63) is 78.4 Å². The van der Waals surface area contributed by atoms with Crippen LogP contribution in [0.25, 0.3) is 0 Å². The average molecular weight is 317 g/mol. The zero-order chi connectivity index (χ0) is 16.5. The number of carbonyl (C=O) groups excluding carboxylic acids is 1. The fourth-order valence-electron chi connectivity index (χ4n) is 2.92. The fourth-order valence-corrected chi connectivity index (χ4v) is 2.92. The number of rotatable bonds is 2. The lowest BCUT2D eigenvalue weighted by Crippen LogP contribution is -2.18. The van der Waals surface area contributed by atoms with Crippen LogP contribution in [0.1, 0.15) is 10.4 Å². The SMILES string of the molecule is COC(=O)c1ccccc1N1c2ccccc2Oc2ccccc21. The third-order valence-electron chi connectivity index (χ3n) is 3.98. The van der Waals surface area contributed by atoms with Gasteiger partial charge in [0.1, 0.15) is 0 Å². The smallest absolute Gasteiger partial charge is 0.339 e. The van der Waals surface area contributed by atoms with E-state index in [1.165, 1.54) is 7.11 Å². The summed E-state index contributed by atoms with van der Waals surface area (Å²) < 4.78 is 10.9. The van der Waals surface area contributed by atoms with Gasteiger partial charge in [-0.15, -0.1) is 0 Å². The van der Waals surface area contributed by atoms with Crippen molar-refractivity contribution in [1.82, 2.24) is 0 Å². The first-order valence-electron chi connectivity index (χ1n) is 7.63. The van der Waals surface area contributed by atoms with E-state index in [2.05, 4.69) is 0 Å². The average Bonchev–Trinajstić information content (AvgIpc) is 2.65. The van der Waals surface area contributed by atoms with Crippen molar-refractivity contribution in [2.24, 2.45) is 0 Å². The summed E-state index contributed by atoms with van der Waals surface area (Å²) in [7, 11) is 1.39. The first-order valence-corrected chi connectivity index (χ1v) is 7.63. The number of hydrogen-bond donors (Lipinski definition) is 0. The van der Waals surface area contributed by atoms with Crippen LogP contribution in [0.3, 0.4) is 0 Å². The van der Waals surface area contributed by atoms with E-state index >= 15 is 0 Å². The van der Waals surface area contributed by atoms with Crippen LogP contribution in [-0.4, -0.2) is 13.1 Å². The van der Waals surface area contributed by atoms with E-state index in [9.17, 15) is 4.79 Å². The molecule has 0 saturated heterocycles. The Kier molecular flexibility index (Phi) is 3.43. The maximum absolute atomic E-state index is 12.2. The summed E-state index contributed by atoms with van der Waals surface area (Å²) in [6.07, 6.45) is 0. The Balaban J connectivity index is 1.98. The van der Waals surface area contributed by atoms with Gasteiger partial charge in [0.25, 0.3) is 0 Å². The normalized spacial score (nSPS) is 12.0. The van der Waals surface area contributed by atoms with Gasteiger partial charge in [-0.25, -0.2) is 4.79 Å². The summed E-state index contributed by atoms with van der Waals surface area (Å²) in [6, 6.07) is 22.9. The molecule has 24 heavy (non-hydrogen) atoms. The number of para-hydroxylation sites is 5. The number of hydrogen-bond acceptors (Lipinski definition) is 4. The number of esters is 1. The van der Waals surface area contributed by atoms with E-state index < -0.39 is 0 Å². The second-order valence-electron chi connectivity index (χ2n) is 5.38. The second kappa shape index (κ2) is 5.74. The van der Waals surface area contributed by atoms with Crippen LogP contribution in [-0.2, 0) is 4.74 Å². The quantitative estimate of drug-likeness (QED) is 0.485. The highest BCUT2D eigenvalue weighted by atomic mass is 16.5. The molecule has 0 radical (unpaired) electrons. The topological polar surface area (TPSA) is 38.8 Å². The van der Waals surface area contributed by atoms with E-state index in [4.69, 9.17) is 9.47 Å². The summed E-state index contributed by atoms with van der Waals surface area (Å²) in [5.74, 6) is 1.12. The monoisotopic (exact) mass is 317 g/mol. The van der Waals surface area contributed by atoms with Crippen LogP contribution < -0.4 is 9.64 Å². The van der Waals surface area contributed by atoms with E-state index in [1.54, 1.807) is 6.07 Å². The van der Waals surface area contributed by atoms with Gasteiger partial charge < -0.3 is 14.4 Å². The molecule has 3 aromatic carbocycles. The van der Waals surface area contributed by atoms with Crippen molar-refractivity contribution in [3.63, 3.8) is 0 Å². The molecular formula is C20H15NO3. The molecule has 0 unspecified atom stereocenters. The fraction of sp³-hybridized carbons (Fsp3) is 0.0500. The Morgan fingerprint density at radius 2 is 1.29 bits per heavy atom. The largest absolute Gasteiger partial charge is 0.465 e. The minimum Gasteiger partial charge on any atom is -0.465 e. The summed E-state index contributed by atoms with van der Waals surface area (Å²) in [5.41, 5.74) is 3.03. The van der Waals surface area contributed by atoms with Crippen molar-refractivity contribution in [3.8, 4) is 11.5 Å². The van der Waals surface area contributed by atoms with Crippen molar-refractivity contribution in [2.75, 3.05) is 12.0 Å². The first-order chi connectivity index (χ1) is 11.8. The van der Waals surface area contributed by atoms with Crippen LogP contribution >= 0.6 is 0 Å². The van der Waals surface area contributed by atoms with Crippen LogP contribution in [0.5, 0.6) is 11.5 Å². The predicted octanol–water partition coefficient (Wildman–Crippen LogP) is 5.05. The van der Waals surface area contributed by atoms with E-state index in [0.717, 1.165) is 28.6 Å². The zero-order valence-electron chi connectivity index (χ0n) is 13.1. The van der Waals surface area contributed by atoms with Crippen LogP contribution in [0, 0.1) is 0 Å². The summed E-state index contributed by atoms with van der Waals surface area (Å²) in [5, 5.41) is 0. The molecule has 0 atom stereocenters. The van der Waals surface area contributed by atoms with Gasteiger partial charge in [-0.2, -0.15) is 0 Å². The molecule has 1 aliphatic heterocycles. The zero-order valence-corrected chi connectivity index (χ0v) is 13.1. The summed E-state index contributed by atoms with van der Waals surface area (Å²) in [6.45, 7) is 0. The van der Waals surface area contributed by atoms with Gasteiger partial charge >= 0.3 is 5.97 Å². The van der Waals surface area contributed by atoms with E-state index in [1.807, 2.05) is 71.6 Å². The van der Waals surface area contributed by atoms with Gasteiger partial charge in [-0.3, -0.25) is 0 Å². The maximum atomic E-state index is 12.2. The molecule has 0 aliphatic carbocycles. The Morgan fingerprint density at radius 1 is 0.792 bits per heavy atom. The number of anilines is 3. The number of ether oxygens (including phenoxy) is 2. The van der Waals surface area contributed by atoms with Gasteiger partial charge in [0.15, 0.2) is 11.5 Å². The lowest BCUT2D eigenvalue weighted by Gasteiger charge is -2.33. The van der Waals surface area contributed by atoms with E-state index in [-0.39, 0.29) is 5.97 Å². The van der Waals surface area contributed by atoms with Gasteiger partial charge in [0, 0.05) is 0 Å². The van der Waals surface area contributed by atoms with Crippen molar-refractivity contribution < 1.29 is 14.3 Å². The van der Waals surface area contributed by atoms with Crippen molar-refractivity contribution in [2.45, 2.75) is 0 Å². The molecule has 0 saturated carbocycles. The molecule has 4 rings (SSSR count). The number of benzene rings is 3. The molecule has 1 aliphatic rings. The first kappa shape index (κ1) is 14.3. The lowest BCUT2D eigenvalue weighted by molar-refractivity contribution is 0.0601. The van der Waals surface area contributed by atoms with E-state index in [0.29, 0.717) is 5.56 Å². The Bertz CT molecular complexity index is 875. The molecule has 0 N–H and O–H groups in total. The number of fused-ring (bicyclic) bond motifs is 2. The number of methoxy groups -OCH3 is 1. The molecule has 4 nitrogen and oxygen atoms in total.